The van der Waals surface area contributed by atoms with Crippen molar-refractivity contribution in [3.8, 4) is 0 Å². The Balaban J connectivity index is 1.57. The summed E-state index contributed by atoms with van der Waals surface area (Å²) < 4.78 is 40.7. The van der Waals surface area contributed by atoms with Gasteiger partial charge in [0.1, 0.15) is 12.4 Å². The third-order valence-corrected chi connectivity index (χ3v) is 8.12. The van der Waals surface area contributed by atoms with Gasteiger partial charge in [-0.15, -0.1) is 0 Å². The monoisotopic (exact) mass is 500 g/mol. The summed E-state index contributed by atoms with van der Waals surface area (Å²) in [6.45, 7) is 2.17. The molecule has 0 radical (unpaired) electrons. The van der Waals surface area contributed by atoms with Crippen LogP contribution in [-0.4, -0.2) is 33.2 Å². The second kappa shape index (κ2) is 12.6. The first-order valence-corrected chi connectivity index (χ1v) is 13.7. The third-order valence-electron chi connectivity index (χ3n) is 5.22. The smallest absolute Gasteiger partial charge is 0.264 e. The van der Waals surface area contributed by atoms with E-state index >= 15 is 0 Å². The van der Waals surface area contributed by atoms with Gasteiger partial charge in [-0.2, -0.15) is 11.8 Å². The highest BCUT2D eigenvalue weighted by molar-refractivity contribution is 7.98. The number of rotatable bonds is 12. The van der Waals surface area contributed by atoms with Gasteiger partial charge in [0.05, 0.1) is 10.6 Å². The predicted octanol–water partition coefficient (Wildman–Crippen LogP) is 5.02. The highest BCUT2D eigenvalue weighted by atomic mass is 32.2. The van der Waals surface area contributed by atoms with Gasteiger partial charge < -0.3 is 5.32 Å². The second-order valence-electron chi connectivity index (χ2n) is 7.73. The lowest BCUT2D eigenvalue weighted by molar-refractivity contribution is -0.119. The lowest BCUT2D eigenvalue weighted by atomic mass is 10.1. The Morgan fingerprint density at radius 3 is 2.24 bits per heavy atom. The van der Waals surface area contributed by atoms with E-state index in [0.29, 0.717) is 12.2 Å². The minimum Gasteiger partial charge on any atom is -0.354 e. The molecule has 3 aromatic rings. The fourth-order valence-electron chi connectivity index (χ4n) is 3.29. The van der Waals surface area contributed by atoms with Crippen molar-refractivity contribution in [1.82, 2.24) is 5.32 Å². The Bertz CT molecular complexity index is 1150. The lowest BCUT2D eigenvalue weighted by Crippen LogP contribution is -2.41. The number of amides is 1. The van der Waals surface area contributed by atoms with Gasteiger partial charge in [0.2, 0.25) is 5.91 Å². The molecule has 0 fully saturated rings. The van der Waals surface area contributed by atoms with E-state index in [1.54, 1.807) is 54.2 Å². The highest BCUT2D eigenvalue weighted by Crippen LogP contribution is 2.24. The Hall–Kier alpha value is -2.84. The molecule has 1 amide bonds. The standard InChI is InChI=1S/C26H29FN2O3S2/c1-2-21-11-15-24(16-12-21)29(34(31,32)25-7-4-3-5-8-25)19-26(30)28-17-6-18-33-20-22-9-13-23(27)14-10-22/h3-5,7-16H,2,6,17-20H2,1H3,(H,28,30). The summed E-state index contributed by atoms with van der Waals surface area (Å²) in [7, 11) is -3.90. The van der Waals surface area contributed by atoms with E-state index in [9.17, 15) is 17.6 Å². The van der Waals surface area contributed by atoms with Crippen molar-refractivity contribution in [3.63, 3.8) is 0 Å². The number of anilines is 1. The molecule has 0 aliphatic heterocycles. The molecule has 8 heteroatoms. The molecular formula is C26H29FN2O3S2. The first kappa shape index (κ1) is 25.8. The van der Waals surface area contributed by atoms with Crippen LogP contribution in [0.25, 0.3) is 0 Å². The van der Waals surface area contributed by atoms with Crippen LogP contribution in [0, 0.1) is 5.82 Å². The molecule has 180 valence electrons. The van der Waals surface area contributed by atoms with Crippen LogP contribution in [-0.2, 0) is 27.0 Å². The Kier molecular flexibility index (Phi) is 9.53. The zero-order chi connectivity index (χ0) is 24.4. The summed E-state index contributed by atoms with van der Waals surface area (Å²) in [5.41, 5.74) is 2.58. The van der Waals surface area contributed by atoms with Crippen molar-refractivity contribution in [1.29, 1.82) is 0 Å². The van der Waals surface area contributed by atoms with Gasteiger partial charge >= 0.3 is 0 Å². The molecule has 0 bridgehead atoms. The normalized spacial score (nSPS) is 11.2. The van der Waals surface area contributed by atoms with Crippen LogP contribution in [0.5, 0.6) is 0 Å². The number of hydrogen-bond acceptors (Lipinski definition) is 4. The molecule has 1 N–H and O–H groups in total. The molecule has 5 nitrogen and oxygen atoms in total. The average molecular weight is 501 g/mol. The zero-order valence-electron chi connectivity index (χ0n) is 19.1. The molecule has 0 spiro atoms. The largest absolute Gasteiger partial charge is 0.354 e. The summed E-state index contributed by atoms with van der Waals surface area (Å²) >= 11 is 1.70. The van der Waals surface area contributed by atoms with Crippen LogP contribution in [0.15, 0.2) is 83.8 Å². The Morgan fingerprint density at radius 1 is 0.941 bits per heavy atom. The highest BCUT2D eigenvalue weighted by Gasteiger charge is 2.26. The van der Waals surface area contributed by atoms with Crippen molar-refractivity contribution < 1.29 is 17.6 Å². The molecule has 0 heterocycles. The predicted molar refractivity (Wildman–Crippen MR) is 137 cm³/mol. The number of carbonyl (C=O) groups is 1. The quantitative estimate of drug-likeness (QED) is 0.355. The van der Waals surface area contributed by atoms with Crippen LogP contribution >= 0.6 is 11.8 Å². The zero-order valence-corrected chi connectivity index (χ0v) is 20.7. The summed E-state index contributed by atoms with van der Waals surface area (Å²) in [4.78, 5) is 12.8. The van der Waals surface area contributed by atoms with E-state index in [2.05, 4.69) is 5.32 Å². The minimum atomic E-state index is -3.90. The van der Waals surface area contributed by atoms with Gasteiger partial charge in [-0.05, 0) is 66.1 Å². The van der Waals surface area contributed by atoms with Crippen molar-refractivity contribution in [2.75, 3.05) is 23.1 Å². The van der Waals surface area contributed by atoms with E-state index in [1.165, 1.54) is 24.3 Å². The number of thioether (sulfide) groups is 1. The van der Waals surface area contributed by atoms with Crippen LogP contribution in [0.3, 0.4) is 0 Å². The second-order valence-corrected chi connectivity index (χ2v) is 10.7. The number of aryl methyl sites for hydroxylation is 1. The molecule has 0 unspecified atom stereocenters. The van der Waals surface area contributed by atoms with E-state index in [1.807, 2.05) is 19.1 Å². The number of nitrogens with zero attached hydrogens (tertiary/aromatic N) is 1. The van der Waals surface area contributed by atoms with E-state index in [4.69, 9.17) is 0 Å². The number of nitrogens with one attached hydrogen (secondary N) is 1. The average Bonchev–Trinajstić information content (AvgIpc) is 2.86. The molecule has 0 aliphatic carbocycles. The third kappa shape index (κ3) is 7.33. The van der Waals surface area contributed by atoms with E-state index in [0.717, 1.165) is 39.8 Å². The van der Waals surface area contributed by atoms with Gasteiger partial charge in [-0.25, -0.2) is 12.8 Å². The molecule has 0 atom stereocenters. The van der Waals surface area contributed by atoms with Crippen LogP contribution < -0.4 is 9.62 Å². The maximum Gasteiger partial charge on any atom is 0.264 e. The maximum atomic E-state index is 13.3. The van der Waals surface area contributed by atoms with Crippen molar-refractivity contribution in [3.05, 3.63) is 95.8 Å². The number of benzene rings is 3. The number of halogens is 1. The van der Waals surface area contributed by atoms with Crippen LogP contribution in [0.4, 0.5) is 10.1 Å². The first-order valence-electron chi connectivity index (χ1n) is 11.2. The topological polar surface area (TPSA) is 66.5 Å². The molecular weight excluding hydrogens is 471 g/mol. The van der Waals surface area contributed by atoms with Crippen LogP contribution in [0.2, 0.25) is 0 Å². The Labute approximate surface area is 205 Å². The van der Waals surface area contributed by atoms with Gasteiger partial charge in [0.25, 0.3) is 10.0 Å². The minimum absolute atomic E-state index is 0.138. The van der Waals surface area contributed by atoms with Crippen molar-refractivity contribution in [2.45, 2.75) is 30.4 Å². The number of carbonyl (C=O) groups excluding carboxylic acids is 1. The number of hydrogen-bond donors (Lipinski definition) is 1. The van der Waals surface area contributed by atoms with Crippen molar-refractivity contribution >= 4 is 33.4 Å². The molecule has 0 saturated heterocycles. The van der Waals surface area contributed by atoms with E-state index in [-0.39, 0.29) is 23.2 Å². The summed E-state index contributed by atoms with van der Waals surface area (Å²) in [6, 6.07) is 21.8. The van der Waals surface area contributed by atoms with Gasteiger partial charge in [0.15, 0.2) is 0 Å². The van der Waals surface area contributed by atoms with E-state index < -0.39 is 10.0 Å². The fourth-order valence-corrected chi connectivity index (χ4v) is 5.65. The molecule has 0 aromatic heterocycles. The van der Waals surface area contributed by atoms with Crippen LogP contribution in [0.1, 0.15) is 24.5 Å². The maximum absolute atomic E-state index is 13.3. The Morgan fingerprint density at radius 2 is 1.59 bits per heavy atom. The van der Waals surface area contributed by atoms with Gasteiger partial charge in [0, 0.05) is 12.3 Å². The molecule has 0 saturated carbocycles. The SMILES string of the molecule is CCc1ccc(N(CC(=O)NCCCSCc2ccc(F)cc2)S(=O)(=O)c2ccccc2)cc1. The fraction of sp³-hybridized carbons (Fsp3) is 0.269. The molecule has 3 aromatic carbocycles. The van der Waals surface area contributed by atoms with Gasteiger partial charge in [-0.1, -0.05) is 49.4 Å². The number of sulfonamides is 1. The summed E-state index contributed by atoms with van der Waals surface area (Å²) in [5, 5.41) is 2.83. The summed E-state index contributed by atoms with van der Waals surface area (Å²) in [5.74, 6) is 0.983. The first-order chi connectivity index (χ1) is 16.4. The van der Waals surface area contributed by atoms with Crippen molar-refractivity contribution in [2.24, 2.45) is 0 Å². The molecule has 3 rings (SSSR count). The van der Waals surface area contributed by atoms with Gasteiger partial charge in [-0.3, -0.25) is 9.10 Å². The lowest BCUT2D eigenvalue weighted by Gasteiger charge is -2.24. The molecule has 0 aliphatic rings. The molecule has 34 heavy (non-hydrogen) atoms. The summed E-state index contributed by atoms with van der Waals surface area (Å²) in [6.07, 6.45) is 1.58.